The Bertz CT molecular complexity index is 2890. The van der Waals surface area contributed by atoms with E-state index < -0.39 is 10.0 Å². The van der Waals surface area contributed by atoms with Gasteiger partial charge in [-0.05, 0) is 145 Å². The van der Waals surface area contributed by atoms with Crippen molar-refractivity contribution in [3.8, 4) is 0 Å². The number of rotatable bonds is 6. The maximum absolute atomic E-state index is 2.61. The summed E-state index contributed by atoms with van der Waals surface area (Å²) in [4.78, 5) is 10.4. The number of hydrogen-bond acceptors (Lipinski definition) is 2. The molecular weight excluding hydrogens is 840 g/mol. The van der Waals surface area contributed by atoms with E-state index in [2.05, 4.69) is 281 Å². The van der Waals surface area contributed by atoms with E-state index in [0.717, 1.165) is 11.4 Å². The fourth-order valence-electron chi connectivity index (χ4n) is 10.6. The maximum Gasteiger partial charge on any atom is 0.252 e. The molecule has 0 aromatic heterocycles. The first-order valence-corrected chi connectivity index (χ1v) is 26.2. The van der Waals surface area contributed by atoms with Gasteiger partial charge >= 0.3 is 0 Å². The van der Waals surface area contributed by atoms with Crippen LogP contribution in [0.15, 0.2) is 208 Å². The summed E-state index contributed by atoms with van der Waals surface area (Å²) in [5.41, 5.74) is 16.6. The van der Waals surface area contributed by atoms with Gasteiger partial charge in [-0.15, -0.1) is 10.0 Å². The molecule has 68 heavy (non-hydrogen) atoms. The highest BCUT2D eigenvalue weighted by Crippen LogP contribution is 2.74. The molecule has 2 nitrogen and oxygen atoms in total. The van der Waals surface area contributed by atoms with Crippen molar-refractivity contribution in [1.82, 2.24) is 0 Å². The SMILES string of the molecule is CC(C)(C)c1ccc(N2c3ccc(C(C)(C)C)cc3B3c4cc(C(C)(C)C)ccc4N(c4ccc(C(C)(C)C)cc4)c4cc(S(c5ccccc5)(c5ccccc5)c5ccccc5)cc2c43)cc1. The van der Waals surface area contributed by atoms with Crippen LogP contribution in [0.25, 0.3) is 0 Å². The molecule has 0 bridgehead atoms. The van der Waals surface area contributed by atoms with E-state index in [1.807, 2.05) is 0 Å². The minimum Gasteiger partial charge on any atom is -0.311 e. The van der Waals surface area contributed by atoms with Crippen molar-refractivity contribution < 1.29 is 0 Å². The summed E-state index contributed by atoms with van der Waals surface area (Å²) in [6.45, 7) is 27.9. The second-order valence-electron chi connectivity index (χ2n) is 23.2. The molecule has 2 aliphatic rings. The van der Waals surface area contributed by atoms with Crippen molar-refractivity contribution in [2.75, 3.05) is 9.80 Å². The Morgan fingerprint density at radius 2 is 0.618 bits per heavy atom. The van der Waals surface area contributed by atoms with Crippen molar-refractivity contribution >= 4 is 67.3 Å². The number of nitrogens with zero attached hydrogens (tertiary/aromatic N) is 2. The summed E-state index contributed by atoms with van der Waals surface area (Å²) < 4.78 is 0. The Morgan fingerprint density at radius 1 is 0.309 bits per heavy atom. The average molecular weight is 907 g/mol. The summed E-state index contributed by atoms with van der Waals surface area (Å²) in [5.74, 6) is 0. The molecule has 2 aliphatic heterocycles. The monoisotopic (exact) mass is 907 g/mol. The number of anilines is 6. The zero-order valence-electron chi connectivity index (χ0n) is 42.3. The lowest BCUT2D eigenvalue weighted by atomic mass is 9.33. The number of hydrogen-bond donors (Lipinski definition) is 0. The molecule has 4 heteroatoms. The lowest BCUT2D eigenvalue weighted by Crippen LogP contribution is -2.61. The summed E-state index contributed by atoms with van der Waals surface area (Å²) in [6.07, 6.45) is 0. The van der Waals surface area contributed by atoms with Crippen molar-refractivity contribution in [1.29, 1.82) is 0 Å². The first-order chi connectivity index (χ1) is 32.3. The fraction of sp³-hybridized carbons (Fsp3) is 0.250. The van der Waals surface area contributed by atoms with Crippen molar-refractivity contribution in [2.24, 2.45) is 0 Å². The van der Waals surface area contributed by atoms with Gasteiger partial charge in [0.15, 0.2) is 0 Å². The van der Waals surface area contributed by atoms with Gasteiger partial charge in [-0.1, -0.05) is 186 Å². The molecule has 0 spiro atoms. The van der Waals surface area contributed by atoms with Gasteiger partial charge in [0.25, 0.3) is 6.71 Å². The molecule has 0 saturated heterocycles. The van der Waals surface area contributed by atoms with Gasteiger partial charge < -0.3 is 9.80 Å². The Morgan fingerprint density at radius 3 is 0.926 bits per heavy atom. The van der Waals surface area contributed by atoms with Crippen molar-refractivity contribution in [3.63, 3.8) is 0 Å². The van der Waals surface area contributed by atoms with Gasteiger partial charge in [0.05, 0.1) is 0 Å². The third kappa shape index (κ3) is 7.70. The molecule has 342 valence electrons. The highest BCUT2D eigenvalue weighted by atomic mass is 32.3. The molecule has 0 saturated carbocycles. The Balaban J connectivity index is 1.40. The largest absolute Gasteiger partial charge is 0.311 e. The van der Waals surface area contributed by atoms with E-state index in [0.29, 0.717) is 0 Å². The van der Waals surface area contributed by atoms with E-state index >= 15 is 0 Å². The second kappa shape index (κ2) is 16.5. The summed E-state index contributed by atoms with van der Waals surface area (Å²) in [7, 11) is -2.09. The molecule has 2 heterocycles. The van der Waals surface area contributed by atoms with E-state index in [9.17, 15) is 0 Å². The van der Waals surface area contributed by atoms with Crippen molar-refractivity contribution in [2.45, 2.75) is 124 Å². The van der Waals surface area contributed by atoms with Crippen LogP contribution >= 0.6 is 10.0 Å². The highest BCUT2D eigenvalue weighted by Gasteiger charge is 2.46. The summed E-state index contributed by atoms with van der Waals surface area (Å²) in [5, 5.41) is 0. The zero-order chi connectivity index (χ0) is 48.0. The molecule has 0 atom stereocenters. The molecule has 8 aromatic rings. The van der Waals surface area contributed by atoms with Crippen LogP contribution in [0, 0.1) is 0 Å². The Kier molecular flexibility index (Phi) is 11.0. The molecule has 0 fully saturated rings. The van der Waals surface area contributed by atoms with Crippen LogP contribution in [0.2, 0.25) is 0 Å². The number of fused-ring (bicyclic) bond motifs is 4. The molecule has 0 radical (unpaired) electrons. The smallest absolute Gasteiger partial charge is 0.252 e. The molecule has 8 aromatic carbocycles. The molecule has 0 N–H and O–H groups in total. The van der Waals surface area contributed by atoms with E-state index in [4.69, 9.17) is 0 Å². The van der Waals surface area contributed by atoms with Gasteiger partial charge in [-0.25, -0.2) is 0 Å². The normalized spacial score (nSPS) is 14.0. The minimum absolute atomic E-state index is 0.0195. The van der Waals surface area contributed by atoms with Crippen LogP contribution in [0.5, 0.6) is 0 Å². The van der Waals surface area contributed by atoms with Gasteiger partial charge in [0.1, 0.15) is 0 Å². The molecule has 10 rings (SSSR count). The topological polar surface area (TPSA) is 6.48 Å². The highest BCUT2D eigenvalue weighted by molar-refractivity contribution is 8.34. The third-order valence-electron chi connectivity index (χ3n) is 14.4. The lowest BCUT2D eigenvalue weighted by Gasteiger charge is -2.48. The van der Waals surface area contributed by atoms with Crippen LogP contribution < -0.4 is 26.2 Å². The summed E-state index contributed by atoms with van der Waals surface area (Å²) in [6, 6.07) is 72.8. The maximum atomic E-state index is 2.61. The van der Waals surface area contributed by atoms with Gasteiger partial charge in [-0.2, -0.15) is 0 Å². The van der Waals surface area contributed by atoms with Crippen LogP contribution in [0.1, 0.15) is 105 Å². The van der Waals surface area contributed by atoms with E-state index in [1.165, 1.54) is 81.0 Å². The Labute approximate surface area is 409 Å². The zero-order valence-corrected chi connectivity index (χ0v) is 43.1. The third-order valence-corrected chi connectivity index (χ3v) is 18.3. The van der Waals surface area contributed by atoms with Gasteiger partial charge in [0, 0.05) is 53.7 Å². The van der Waals surface area contributed by atoms with Crippen molar-refractivity contribution in [3.05, 3.63) is 210 Å². The first kappa shape index (κ1) is 45.6. The molecular formula is C64H67BN2S. The summed E-state index contributed by atoms with van der Waals surface area (Å²) >= 11 is 0. The quantitative estimate of drug-likeness (QED) is 0.153. The van der Waals surface area contributed by atoms with Crippen LogP contribution in [-0.4, -0.2) is 6.71 Å². The average Bonchev–Trinajstić information content (AvgIpc) is 3.31. The van der Waals surface area contributed by atoms with Gasteiger partial charge in [-0.3, -0.25) is 0 Å². The predicted octanol–water partition coefficient (Wildman–Crippen LogP) is 16.3. The predicted molar refractivity (Wildman–Crippen MR) is 295 cm³/mol. The minimum atomic E-state index is -2.09. The Hall–Kier alpha value is -6.23. The standard InChI is InChI=1S/C64H67BN2S/c1-61(2,3)44-28-34-48(35-29-44)66-56-38-32-46(63(7,8)9)40-54(56)65-55-41-47(64(10,11)12)33-39-57(55)67(49-36-30-45(31-37-49)62(4,5)6)59-43-53(42-58(66)60(59)65)68(50-22-16-13-17-23-50,51-24-18-14-19-25-51)52-26-20-15-21-27-52/h13-43H,1-12H3. The molecule has 0 aliphatic carbocycles. The fourth-order valence-corrected chi connectivity index (χ4v) is 14.5. The molecule has 0 unspecified atom stereocenters. The lowest BCUT2D eigenvalue weighted by molar-refractivity contribution is 0.590. The van der Waals surface area contributed by atoms with Gasteiger partial charge in [0.2, 0.25) is 0 Å². The number of benzene rings is 8. The van der Waals surface area contributed by atoms with E-state index in [1.54, 1.807) is 0 Å². The van der Waals surface area contributed by atoms with Crippen LogP contribution in [0.4, 0.5) is 34.1 Å². The first-order valence-electron chi connectivity index (χ1n) is 24.5. The molecule has 0 amide bonds. The van der Waals surface area contributed by atoms with E-state index in [-0.39, 0.29) is 28.4 Å². The second-order valence-corrected chi connectivity index (χ2v) is 26.3. The van der Waals surface area contributed by atoms with Crippen LogP contribution in [-0.2, 0) is 21.7 Å². The van der Waals surface area contributed by atoms with Crippen LogP contribution in [0.3, 0.4) is 0 Å².